The van der Waals surface area contributed by atoms with Gasteiger partial charge in [-0.3, -0.25) is 4.79 Å². The van der Waals surface area contributed by atoms with Gasteiger partial charge in [-0.05, 0) is 30.8 Å². The summed E-state index contributed by atoms with van der Waals surface area (Å²) < 4.78 is 0. The van der Waals surface area contributed by atoms with Crippen molar-refractivity contribution in [2.24, 2.45) is 17.8 Å². The maximum atomic E-state index is 11.7. The van der Waals surface area contributed by atoms with Crippen LogP contribution in [0.3, 0.4) is 0 Å². The lowest BCUT2D eigenvalue weighted by molar-refractivity contribution is -0.117. The molecule has 0 aromatic carbocycles. The van der Waals surface area contributed by atoms with E-state index in [1.807, 2.05) is 6.08 Å². The van der Waals surface area contributed by atoms with Crippen molar-refractivity contribution in [3.05, 3.63) is 23.8 Å². The molecule has 0 fully saturated rings. The zero-order valence-electron chi connectivity index (χ0n) is 8.29. The predicted molar refractivity (Wildman–Crippen MR) is 53.3 cm³/mol. The molecule has 3 aliphatic carbocycles. The van der Waals surface area contributed by atoms with Crippen molar-refractivity contribution in [2.45, 2.75) is 26.7 Å². The molecule has 0 aromatic heterocycles. The second kappa shape index (κ2) is 3.13. The number of allylic oxidation sites excluding steroid dienone is 4. The zero-order chi connectivity index (χ0) is 9.42. The molecule has 0 saturated heterocycles. The monoisotopic (exact) mass is 176 g/mol. The van der Waals surface area contributed by atoms with E-state index >= 15 is 0 Å². The Morgan fingerprint density at radius 1 is 1.23 bits per heavy atom. The maximum absolute atomic E-state index is 11.7. The highest BCUT2D eigenvalue weighted by Gasteiger charge is 2.28. The summed E-state index contributed by atoms with van der Waals surface area (Å²) in [6, 6.07) is 0. The third-order valence-corrected chi connectivity index (χ3v) is 3.13. The summed E-state index contributed by atoms with van der Waals surface area (Å²) in [6.07, 6.45) is 8.43. The van der Waals surface area contributed by atoms with Gasteiger partial charge < -0.3 is 0 Å². The van der Waals surface area contributed by atoms with Gasteiger partial charge in [0, 0.05) is 5.92 Å². The number of carbonyl (C=O) groups is 1. The van der Waals surface area contributed by atoms with E-state index in [2.05, 4.69) is 26.0 Å². The lowest BCUT2D eigenvalue weighted by Gasteiger charge is -2.20. The van der Waals surface area contributed by atoms with Gasteiger partial charge in [0.2, 0.25) is 0 Å². The highest BCUT2D eigenvalue weighted by Crippen LogP contribution is 2.35. The van der Waals surface area contributed by atoms with Crippen LogP contribution in [0.4, 0.5) is 0 Å². The molecule has 0 aromatic rings. The Kier molecular flexibility index (Phi) is 2.10. The van der Waals surface area contributed by atoms with Crippen LogP contribution in [-0.2, 0) is 4.79 Å². The molecule has 1 nitrogen and oxygen atoms in total. The van der Waals surface area contributed by atoms with Crippen LogP contribution in [0.2, 0.25) is 0 Å². The number of hydrogen-bond donors (Lipinski definition) is 0. The molecule has 2 unspecified atom stereocenters. The SMILES string of the molecule is CC(C)C1=CC(=O)C2C=CC1CC2. The van der Waals surface area contributed by atoms with E-state index < -0.39 is 0 Å². The Balaban J connectivity index is 2.37. The van der Waals surface area contributed by atoms with Gasteiger partial charge in [-0.15, -0.1) is 0 Å². The van der Waals surface area contributed by atoms with E-state index in [1.165, 1.54) is 5.57 Å². The summed E-state index contributed by atoms with van der Waals surface area (Å²) in [7, 11) is 0. The van der Waals surface area contributed by atoms with E-state index in [1.54, 1.807) is 0 Å². The van der Waals surface area contributed by atoms with Crippen molar-refractivity contribution in [3.8, 4) is 0 Å². The summed E-state index contributed by atoms with van der Waals surface area (Å²) in [5, 5.41) is 0. The van der Waals surface area contributed by atoms with Crippen LogP contribution in [-0.4, -0.2) is 5.78 Å². The minimum atomic E-state index is 0.187. The summed E-state index contributed by atoms with van der Waals surface area (Å²) in [4.78, 5) is 11.7. The second-order valence-electron chi connectivity index (χ2n) is 4.38. The minimum absolute atomic E-state index is 0.187. The van der Waals surface area contributed by atoms with Crippen LogP contribution in [0.25, 0.3) is 0 Å². The van der Waals surface area contributed by atoms with Gasteiger partial charge in [0.15, 0.2) is 5.78 Å². The molecule has 70 valence electrons. The van der Waals surface area contributed by atoms with Crippen LogP contribution in [0.1, 0.15) is 26.7 Å². The van der Waals surface area contributed by atoms with Crippen molar-refractivity contribution in [1.29, 1.82) is 0 Å². The molecule has 3 rings (SSSR count). The van der Waals surface area contributed by atoms with Gasteiger partial charge in [0.05, 0.1) is 0 Å². The molecule has 13 heavy (non-hydrogen) atoms. The van der Waals surface area contributed by atoms with Gasteiger partial charge in [-0.2, -0.15) is 0 Å². The quantitative estimate of drug-likeness (QED) is 0.561. The summed E-state index contributed by atoms with van der Waals surface area (Å²) in [6.45, 7) is 4.34. The zero-order valence-corrected chi connectivity index (χ0v) is 8.29. The molecule has 1 heteroatoms. The minimum Gasteiger partial charge on any atom is -0.294 e. The largest absolute Gasteiger partial charge is 0.294 e. The number of ketones is 1. The second-order valence-corrected chi connectivity index (χ2v) is 4.38. The number of carbonyl (C=O) groups excluding carboxylic acids is 1. The Bertz CT molecular complexity index is 283. The van der Waals surface area contributed by atoms with Crippen LogP contribution in [0.5, 0.6) is 0 Å². The van der Waals surface area contributed by atoms with Crippen molar-refractivity contribution < 1.29 is 4.79 Å². The summed E-state index contributed by atoms with van der Waals surface area (Å²) >= 11 is 0. The lowest BCUT2D eigenvalue weighted by atomic mass is 9.84. The van der Waals surface area contributed by atoms with E-state index in [4.69, 9.17) is 0 Å². The highest BCUT2D eigenvalue weighted by molar-refractivity contribution is 5.94. The average Bonchev–Trinajstić information content (AvgIpc) is 2.36. The van der Waals surface area contributed by atoms with Crippen LogP contribution in [0, 0.1) is 17.8 Å². The van der Waals surface area contributed by atoms with Crippen molar-refractivity contribution in [2.75, 3.05) is 0 Å². The first-order chi connectivity index (χ1) is 6.18. The fourth-order valence-corrected chi connectivity index (χ4v) is 2.31. The number of fused-ring (bicyclic) bond motifs is 2. The maximum Gasteiger partial charge on any atom is 0.162 e. The van der Waals surface area contributed by atoms with E-state index in [0.717, 1.165) is 12.8 Å². The highest BCUT2D eigenvalue weighted by atomic mass is 16.1. The Hall–Kier alpha value is -0.850. The van der Waals surface area contributed by atoms with Gasteiger partial charge in [0.25, 0.3) is 0 Å². The Labute approximate surface area is 79.5 Å². The molecule has 0 saturated carbocycles. The van der Waals surface area contributed by atoms with E-state index in [-0.39, 0.29) is 5.92 Å². The van der Waals surface area contributed by atoms with E-state index in [0.29, 0.717) is 17.6 Å². The Morgan fingerprint density at radius 2 is 1.85 bits per heavy atom. The Morgan fingerprint density at radius 3 is 2.38 bits per heavy atom. The van der Waals surface area contributed by atoms with Crippen LogP contribution >= 0.6 is 0 Å². The summed E-state index contributed by atoms with van der Waals surface area (Å²) in [5.74, 6) is 1.56. The van der Waals surface area contributed by atoms with Crippen molar-refractivity contribution >= 4 is 5.78 Å². The third-order valence-electron chi connectivity index (χ3n) is 3.13. The third kappa shape index (κ3) is 1.48. The average molecular weight is 176 g/mol. The normalized spacial score (nSPS) is 32.2. The molecule has 0 heterocycles. The molecular formula is C12H16O. The molecule has 2 atom stereocenters. The molecule has 0 N–H and O–H groups in total. The van der Waals surface area contributed by atoms with Crippen LogP contribution in [0.15, 0.2) is 23.8 Å². The number of rotatable bonds is 1. The lowest BCUT2D eigenvalue weighted by Crippen LogP contribution is -2.11. The standard InChI is InChI=1S/C12H16O/c1-8(2)11-7-12(13)10-5-3-9(11)4-6-10/h3,5,7-10H,4,6H2,1-2H3. The smallest absolute Gasteiger partial charge is 0.162 e. The number of hydrogen-bond acceptors (Lipinski definition) is 1. The van der Waals surface area contributed by atoms with Gasteiger partial charge >= 0.3 is 0 Å². The van der Waals surface area contributed by atoms with Crippen molar-refractivity contribution in [3.63, 3.8) is 0 Å². The molecule has 3 aliphatic rings. The summed E-state index contributed by atoms with van der Waals surface area (Å²) in [5.41, 5.74) is 1.33. The molecule has 0 amide bonds. The van der Waals surface area contributed by atoms with Crippen molar-refractivity contribution in [1.82, 2.24) is 0 Å². The van der Waals surface area contributed by atoms with Gasteiger partial charge in [-0.1, -0.05) is 31.6 Å². The molecular weight excluding hydrogens is 160 g/mol. The molecule has 2 bridgehead atoms. The first kappa shape index (κ1) is 8.74. The first-order valence-electron chi connectivity index (χ1n) is 5.12. The molecule has 0 radical (unpaired) electrons. The van der Waals surface area contributed by atoms with Gasteiger partial charge in [0.1, 0.15) is 0 Å². The molecule has 0 aliphatic heterocycles. The van der Waals surface area contributed by atoms with E-state index in [9.17, 15) is 4.79 Å². The van der Waals surface area contributed by atoms with Gasteiger partial charge in [-0.25, -0.2) is 0 Å². The fraction of sp³-hybridized carbons (Fsp3) is 0.583. The topological polar surface area (TPSA) is 17.1 Å². The van der Waals surface area contributed by atoms with Crippen LogP contribution < -0.4 is 0 Å². The first-order valence-corrected chi connectivity index (χ1v) is 5.12. The fourth-order valence-electron chi connectivity index (χ4n) is 2.31. The molecule has 0 spiro atoms. The predicted octanol–water partition coefficient (Wildman–Crippen LogP) is 2.73.